The average Bonchev–Trinajstić information content (AvgIpc) is 3.12. The molecular formula is C22H34O3S2. The van der Waals surface area contributed by atoms with Crippen LogP contribution in [0, 0.1) is 0 Å². The first-order chi connectivity index (χ1) is 12.8. The minimum Gasteiger partial charge on any atom is -0.460 e. The van der Waals surface area contributed by atoms with E-state index in [9.17, 15) is 4.79 Å². The molecule has 1 fully saturated rings. The van der Waals surface area contributed by atoms with Crippen LogP contribution in [0.4, 0.5) is 0 Å². The van der Waals surface area contributed by atoms with Gasteiger partial charge in [-0.05, 0) is 52.5 Å². The Morgan fingerprint density at radius 1 is 1.15 bits per heavy atom. The second kappa shape index (κ2) is 10.8. The molecule has 1 heterocycles. The van der Waals surface area contributed by atoms with Crippen LogP contribution in [0.3, 0.4) is 0 Å². The molecule has 1 saturated heterocycles. The Balaban J connectivity index is 1.63. The topological polar surface area (TPSA) is 35.5 Å². The number of carbonyl (C=O) groups excluding carboxylic acids is 1. The van der Waals surface area contributed by atoms with Gasteiger partial charge in [0.1, 0.15) is 5.60 Å². The van der Waals surface area contributed by atoms with Crippen LogP contribution in [0.1, 0.15) is 71.8 Å². The predicted octanol–water partition coefficient (Wildman–Crippen LogP) is 6.36. The Morgan fingerprint density at radius 2 is 1.89 bits per heavy atom. The summed E-state index contributed by atoms with van der Waals surface area (Å²) in [7, 11) is 3.98. The number of benzene rings is 1. The van der Waals surface area contributed by atoms with Gasteiger partial charge in [0.15, 0.2) is 0 Å². The SMILES string of the molecule is CC(C)(CCOC(C)(C)c1ccccc1)OC(=O)CCCCC1CCSS1. The summed E-state index contributed by atoms with van der Waals surface area (Å²) >= 11 is 0. The van der Waals surface area contributed by atoms with Crippen molar-refractivity contribution in [3.63, 3.8) is 0 Å². The summed E-state index contributed by atoms with van der Waals surface area (Å²) in [5.41, 5.74) is 0.304. The predicted molar refractivity (Wildman–Crippen MR) is 117 cm³/mol. The van der Waals surface area contributed by atoms with E-state index in [-0.39, 0.29) is 11.6 Å². The molecular weight excluding hydrogens is 376 g/mol. The molecule has 0 N–H and O–H groups in total. The lowest BCUT2D eigenvalue weighted by atomic mass is 9.98. The summed E-state index contributed by atoms with van der Waals surface area (Å²) < 4.78 is 11.8. The van der Waals surface area contributed by atoms with Gasteiger partial charge in [0.05, 0.1) is 12.2 Å². The monoisotopic (exact) mass is 410 g/mol. The maximum Gasteiger partial charge on any atom is 0.306 e. The second-order valence-corrected chi connectivity index (χ2v) is 11.1. The van der Waals surface area contributed by atoms with Crippen molar-refractivity contribution in [1.82, 2.24) is 0 Å². The third-order valence-corrected chi connectivity index (χ3v) is 7.92. The van der Waals surface area contributed by atoms with Gasteiger partial charge in [-0.15, -0.1) is 0 Å². The minimum absolute atomic E-state index is 0.0873. The molecule has 3 nitrogen and oxygen atoms in total. The van der Waals surface area contributed by atoms with Crippen LogP contribution < -0.4 is 0 Å². The van der Waals surface area contributed by atoms with E-state index in [4.69, 9.17) is 9.47 Å². The molecule has 27 heavy (non-hydrogen) atoms. The molecule has 0 aliphatic carbocycles. The van der Waals surface area contributed by atoms with Crippen molar-refractivity contribution >= 4 is 27.6 Å². The first-order valence-electron chi connectivity index (χ1n) is 9.98. The average molecular weight is 411 g/mol. The Bertz CT molecular complexity index is 566. The van der Waals surface area contributed by atoms with Crippen LogP contribution in [0.25, 0.3) is 0 Å². The van der Waals surface area contributed by atoms with Gasteiger partial charge in [0.2, 0.25) is 0 Å². The van der Waals surface area contributed by atoms with E-state index < -0.39 is 5.60 Å². The van der Waals surface area contributed by atoms with Gasteiger partial charge in [-0.2, -0.15) is 0 Å². The van der Waals surface area contributed by atoms with E-state index in [2.05, 4.69) is 26.0 Å². The normalized spacial score (nSPS) is 17.9. The zero-order valence-electron chi connectivity index (χ0n) is 17.2. The van der Waals surface area contributed by atoms with Gasteiger partial charge < -0.3 is 9.47 Å². The smallest absolute Gasteiger partial charge is 0.306 e. The van der Waals surface area contributed by atoms with Gasteiger partial charge in [0.25, 0.3) is 0 Å². The summed E-state index contributed by atoms with van der Waals surface area (Å²) in [6.45, 7) is 8.63. The van der Waals surface area contributed by atoms with E-state index in [1.54, 1.807) is 0 Å². The lowest BCUT2D eigenvalue weighted by molar-refractivity contribution is -0.159. The highest BCUT2D eigenvalue weighted by atomic mass is 33.1. The van der Waals surface area contributed by atoms with Crippen molar-refractivity contribution in [2.45, 2.75) is 82.7 Å². The van der Waals surface area contributed by atoms with Crippen LogP contribution in [-0.2, 0) is 19.9 Å². The van der Waals surface area contributed by atoms with E-state index in [1.807, 2.05) is 53.6 Å². The van der Waals surface area contributed by atoms with Crippen molar-refractivity contribution < 1.29 is 14.3 Å². The number of unbranched alkanes of at least 4 members (excludes halogenated alkanes) is 1. The van der Waals surface area contributed by atoms with Crippen LogP contribution in [0.5, 0.6) is 0 Å². The van der Waals surface area contributed by atoms with Crippen molar-refractivity contribution in [2.24, 2.45) is 0 Å². The fraction of sp³-hybridized carbons (Fsp3) is 0.682. The Labute approximate surface area is 172 Å². The zero-order chi connectivity index (χ0) is 19.8. The number of esters is 1. The molecule has 152 valence electrons. The molecule has 2 rings (SSSR count). The first-order valence-corrected chi connectivity index (χ1v) is 12.4. The summed E-state index contributed by atoms with van der Waals surface area (Å²) in [6.07, 6.45) is 5.77. The minimum atomic E-state index is -0.498. The van der Waals surface area contributed by atoms with Gasteiger partial charge in [-0.3, -0.25) is 4.79 Å². The van der Waals surface area contributed by atoms with Crippen LogP contribution in [0.2, 0.25) is 0 Å². The quantitative estimate of drug-likeness (QED) is 0.241. The number of hydrogen-bond donors (Lipinski definition) is 0. The van der Waals surface area contributed by atoms with E-state index in [0.717, 1.165) is 23.7 Å². The van der Waals surface area contributed by atoms with Gasteiger partial charge in [-0.25, -0.2) is 0 Å². The molecule has 0 bridgehead atoms. The van der Waals surface area contributed by atoms with Crippen LogP contribution >= 0.6 is 21.6 Å². The van der Waals surface area contributed by atoms with Crippen molar-refractivity contribution in [3.05, 3.63) is 35.9 Å². The second-order valence-electron chi connectivity index (χ2n) is 8.28. The van der Waals surface area contributed by atoms with Gasteiger partial charge in [0, 0.05) is 23.8 Å². The van der Waals surface area contributed by atoms with Crippen LogP contribution in [0.15, 0.2) is 30.3 Å². The van der Waals surface area contributed by atoms with Crippen molar-refractivity contribution in [2.75, 3.05) is 12.4 Å². The van der Waals surface area contributed by atoms with Crippen molar-refractivity contribution in [3.8, 4) is 0 Å². The third-order valence-electron chi connectivity index (χ3n) is 4.91. The molecule has 1 aromatic rings. The number of ether oxygens (including phenoxy) is 2. The summed E-state index contributed by atoms with van der Waals surface area (Å²) in [5.74, 6) is 1.19. The van der Waals surface area contributed by atoms with E-state index in [0.29, 0.717) is 19.4 Å². The maximum atomic E-state index is 12.2. The Morgan fingerprint density at radius 3 is 2.56 bits per heavy atom. The summed E-state index contributed by atoms with van der Waals surface area (Å²) in [6, 6.07) is 10.2. The summed E-state index contributed by atoms with van der Waals surface area (Å²) in [5, 5.41) is 0.785. The molecule has 1 aliphatic heterocycles. The number of hydrogen-bond acceptors (Lipinski definition) is 5. The molecule has 0 aromatic heterocycles. The van der Waals surface area contributed by atoms with Crippen molar-refractivity contribution in [1.29, 1.82) is 0 Å². The first kappa shape index (κ1) is 22.6. The largest absolute Gasteiger partial charge is 0.460 e. The highest BCUT2D eigenvalue weighted by Gasteiger charge is 2.26. The summed E-state index contributed by atoms with van der Waals surface area (Å²) in [4.78, 5) is 12.2. The zero-order valence-corrected chi connectivity index (χ0v) is 18.8. The standard InChI is InChI=1S/C22H34O3S2/c1-21(2,15-16-24-22(3,4)18-10-6-5-7-11-18)25-20(23)13-9-8-12-19-14-17-26-27-19/h5-7,10-11,19H,8-9,12-17H2,1-4H3. The molecule has 0 radical (unpaired) electrons. The molecule has 1 unspecified atom stereocenters. The van der Waals surface area contributed by atoms with E-state index in [1.165, 1.54) is 18.6 Å². The molecule has 5 heteroatoms. The molecule has 1 aliphatic rings. The third kappa shape index (κ3) is 8.49. The molecule has 0 spiro atoms. The highest BCUT2D eigenvalue weighted by molar-refractivity contribution is 8.77. The Hall–Kier alpha value is -0.650. The fourth-order valence-corrected chi connectivity index (χ4v) is 6.12. The molecule has 1 aromatic carbocycles. The lowest BCUT2D eigenvalue weighted by Crippen LogP contribution is -2.31. The maximum absolute atomic E-state index is 12.2. The van der Waals surface area contributed by atoms with Gasteiger partial charge >= 0.3 is 5.97 Å². The van der Waals surface area contributed by atoms with Gasteiger partial charge in [-0.1, -0.05) is 58.3 Å². The van der Waals surface area contributed by atoms with E-state index >= 15 is 0 Å². The highest BCUT2D eigenvalue weighted by Crippen LogP contribution is 2.39. The lowest BCUT2D eigenvalue weighted by Gasteiger charge is -2.30. The Kier molecular flexibility index (Phi) is 9.03. The number of carbonyl (C=O) groups is 1. The van der Waals surface area contributed by atoms with Crippen LogP contribution in [-0.4, -0.2) is 29.2 Å². The number of rotatable bonds is 11. The molecule has 1 atom stereocenters. The molecule has 0 amide bonds. The fourth-order valence-electron chi connectivity index (χ4n) is 3.09. The molecule has 0 saturated carbocycles.